The van der Waals surface area contributed by atoms with Crippen LogP contribution in [0.5, 0.6) is 0 Å². The third-order valence-electron chi connectivity index (χ3n) is 3.83. The molecule has 0 radical (unpaired) electrons. The summed E-state index contributed by atoms with van der Waals surface area (Å²) in [4.78, 5) is 0. The maximum absolute atomic E-state index is 5.49. The lowest BCUT2D eigenvalue weighted by molar-refractivity contribution is 0.520. The Morgan fingerprint density at radius 3 is 1.48 bits per heavy atom. The molecule has 23 heavy (non-hydrogen) atoms. The van der Waals surface area contributed by atoms with E-state index in [0.717, 1.165) is 12.3 Å². The molecule has 1 atom stereocenters. The van der Waals surface area contributed by atoms with Crippen LogP contribution in [0.1, 0.15) is 52.2 Å². The minimum atomic E-state index is 0.375. The molecule has 0 saturated heterocycles. The van der Waals surface area contributed by atoms with Gasteiger partial charge in [0.15, 0.2) is 0 Å². The summed E-state index contributed by atoms with van der Waals surface area (Å²) >= 11 is 0. The van der Waals surface area contributed by atoms with Crippen molar-refractivity contribution in [1.82, 2.24) is 0 Å². The molecule has 0 amide bonds. The second-order valence-corrected chi connectivity index (χ2v) is 6.42. The van der Waals surface area contributed by atoms with Crippen LogP contribution < -0.4 is 5.73 Å². The topological polar surface area (TPSA) is 26.0 Å². The van der Waals surface area contributed by atoms with Gasteiger partial charge in [-0.05, 0) is 54.4 Å². The maximum atomic E-state index is 5.49. The van der Waals surface area contributed by atoms with Gasteiger partial charge in [-0.2, -0.15) is 0 Å². The van der Waals surface area contributed by atoms with Gasteiger partial charge in [-0.1, -0.05) is 76.2 Å². The van der Waals surface area contributed by atoms with Crippen LogP contribution in [0.15, 0.2) is 48.5 Å². The number of rotatable bonds is 2. The van der Waals surface area contributed by atoms with Gasteiger partial charge < -0.3 is 5.73 Å². The van der Waals surface area contributed by atoms with E-state index in [9.17, 15) is 0 Å². The van der Waals surface area contributed by atoms with E-state index in [1.165, 1.54) is 35.1 Å². The standard InChI is InChI=1S/C14H12.C6H15N.C2H6/c1-3-7-13-11(5-1)9-10-12-6-2-4-8-14(12)13;1-5(2)4-6(3)7;1-2/h1-8H,9-10H2;5-6H,4,7H2,1-3H3;1-2H3. The SMILES string of the molecule is CC.CC(C)CC(C)N.c1ccc2c(c1)CCc1ccccc1-2. The molecule has 0 saturated carbocycles. The van der Waals surface area contributed by atoms with E-state index in [1.54, 1.807) is 0 Å². The number of hydrogen-bond acceptors (Lipinski definition) is 1. The monoisotopic (exact) mass is 311 g/mol. The Morgan fingerprint density at radius 2 is 1.17 bits per heavy atom. The normalized spacial score (nSPS) is 12.8. The molecular weight excluding hydrogens is 278 g/mol. The minimum absolute atomic E-state index is 0.375. The Kier molecular flexibility index (Phi) is 8.65. The summed E-state index contributed by atoms with van der Waals surface area (Å²) in [5.41, 5.74) is 11.3. The van der Waals surface area contributed by atoms with Gasteiger partial charge in [-0.15, -0.1) is 0 Å². The molecule has 0 bridgehead atoms. The fourth-order valence-corrected chi connectivity index (χ4v) is 3.02. The van der Waals surface area contributed by atoms with Crippen LogP contribution in [0.4, 0.5) is 0 Å². The predicted molar refractivity (Wildman–Crippen MR) is 104 cm³/mol. The summed E-state index contributed by atoms with van der Waals surface area (Å²) in [6.07, 6.45) is 3.51. The number of aryl methyl sites for hydroxylation is 2. The van der Waals surface area contributed by atoms with Crippen LogP contribution in [0.2, 0.25) is 0 Å². The first-order valence-corrected chi connectivity index (χ1v) is 8.99. The van der Waals surface area contributed by atoms with Crippen LogP contribution in [0.25, 0.3) is 11.1 Å². The maximum Gasteiger partial charge on any atom is 0.00129 e. The molecule has 0 aliphatic heterocycles. The second kappa shape index (κ2) is 10.2. The van der Waals surface area contributed by atoms with E-state index in [4.69, 9.17) is 5.73 Å². The molecule has 0 heterocycles. The van der Waals surface area contributed by atoms with Crippen LogP contribution in [0.3, 0.4) is 0 Å². The Morgan fingerprint density at radius 1 is 0.783 bits per heavy atom. The highest BCUT2D eigenvalue weighted by molar-refractivity contribution is 5.72. The summed E-state index contributed by atoms with van der Waals surface area (Å²) in [7, 11) is 0. The highest BCUT2D eigenvalue weighted by atomic mass is 14.6. The smallest absolute Gasteiger partial charge is 0.00129 e. The van der Waals surface area contributed by atoms with E-state index >= 15 is 0 Å². The number of benzene rings is 2. The average molecular weight is 312 g/mol. The largest absolute Gasteiger partial charge is 0.328 e. The summed E-state index contributed by atoms with van der Waals surface area (Å²) in [5.74, 6) is 0.750. The molecule has 1 heteroatoms. The zero-order chi connectivity index (χ0) is 17.2. The molecule has 1 aliphatic rings. The number of hydrogen-bond donors (Lipinski definition) is 1. The third kappa shape index (κ3) is 6.19. The molecule has 2 aromatic rings. The van der Waals surface area contributed by atoms with Crippen molar-refractivity contribution in [3.63, 3.8) is 0 Å². The van der Waals surface area contributed by atoms with E-state index in [0.29, 0.717) is 6.04 Å². The fourth-order valence-electron chi connectivity index (χ4n) is 3.02. The van der Waals surface area contributed by atoms with E-state index < -0.39 is 0 Å². The molecule has 0 aromatic heterocycles. The van der Waals surface area contributed by atoms with Gasteiger partial charge in [0.2, 0.25) is 0 Å². The third-order valence-corrected chi connectivity index (χ3v) is 3.83. The number of nitrogens with two attached hydrogens (primary N) is 1. The van der Waals surface area contributed by atoms with E-state index in [2.05, 4.69) is 62.4 Å². The van der Waals surface area contributed by atoms with Crippen LogP contribution in [-0.4, -0.2) is 6.04 Å². The van der Waals surface area contributed by atoms with Gasteiger partial charge in [0.1, 0.15) is 0 Å². The lowest BCUT2D eigenvalue weighted by atomic mass is 9.86. The second-order valence-electron chi connectivity index (χ2n) is 6.42. The van der Waals surface area contributed by atoms with Crippen molar-refractivity contribution >= 4 is 0 Å². The van der Waals surface area contributed by atoms with E-state index in [1.807, 2.05) is 20.8 Å². The molecule has 126 valence electrons. The summed E-state index contributed by atoms with van der Waals surface area (Å²) in [6, 6.07) is 17.8. The van der Waals surface area contributed by atoms with Gasteiger partial charge in [-0.25, -0.2) is 0 Å². The first-order valence-electron chi connectivity index (χ1n) is 8.99. The molecule has 1 aliphatic carbocycles. The summed E-state index contributed by atoms with van der Waals surface area (Å²) < 4.78 is 0. The average Bonchev–Trinajstić information content (AvgIpc) is 2.56. The molecule has 3 rings (SSSR count). The highest BCUT2D eigenvalue weighted by Crippen LogP contribution is 2.32. The highest BCUT2D eigenvalue weighted by Gasteiger charge is 2.13. The number of fused-ring (bicyclic) bond motifs is 3. The summed E-state index contributed by atoms with van der Waals surface area (Å²) in [6.45, 7) is 10.4. The zero-order valence-corrected chi connectivity index (χ0v) is 15.5. The van der Waals surface area contributed by atoms with Gasteiger partial charge in [-0.3, -0.25) is 0 Å². The fraction of sp³-hybridized carbons (Fsp3) is 0.455. The van der Waals surface area contributed by atoms with Crippen LogP contribution in [0, 0.1) is 5.92 Å². The quantitative estimate of drug-likeness (QED) is 0.738. The molecule has 0 spiro atoms. The van der Waals surface area contributed by atoms with Crippen molar-refractivity contribution < 1.29 is 0 Å². The first-order chi connectivity index (χ1) is 11.1. The van der Waals surface area contributed by atoms with E-state index in [-0.39, 0.29) is 0 Å². The van der Waals surface area contributed by atoms with Crippen molar-refractivity contribution in [3.05, 3.63) is 59.7 Å². The van der Waals surface area contributed by atoms with Crippen LogP contribution >= 0.6 is 0 Å². The van der Waals surface area contributed by atoms with Crippen molar-refractivity contribution in [3.8, 4) is 11.1 Å². The summed E-state index contributed by atoms with van der Waals surface area (Å²) in [5, 5.41) is 0. The zero-order valence-electron chi connectivity index (χ0n) is 15.5. The molecule has 2 aromatic carbocycles. The molecular formula is C22H33N. The molecule has 2 N–H and O–H groups in total. The van der Waals surface area contributed by atoms with Crippen molar-refractivity contribution in [1.29, 1.82) is 0 Å². The van der Waals surface area contributed by atoms with Gasteiger partial charge in [0.25, 0.3) is 0 Å². The Hall–Kier alpha value is -1.60. The van der Waals surface area contributed by atoms with Crippen molar-refractivity contribution in [2.45, 2.75) is 59.9 Å². The Bertz CT molecular complexity index is 518. The van der Waals surface area contributed by atoms with Gasteiger partial charge in [0.05, 0.1) is 0 Å². The van der Waals surface area contributed by atoms with Crippen LogP contribution in [-0.2, 0) is 12.8 Å². The lowest BCUT2D eigenvalue weighted by Gasteiger charge is -2.19. The van der Waals surface area contributed by atoms with Gasteiger partial charge in [0, 0.05) is 6.04 Å². The first kappa shape index (κ1) is 19.4. The lowest BCUT2D eigenvalue weighted by Crippen LogP contribution is -2.16. The molecule has 1 nitrogen and oxygen atoms in total. The Labute approximate surface area is 142 Å². The molecule has 1 unspecified atom stereocenters. The Balaban J connectivity index is 0.000000253. The van der Waals surface area contributed by atoms with Crippen molar-refractivity contribution in [2.75, 3.05) is 0 Å². The van der Waals surface area contributed by atoms with Crippen molar-refractivity contribution in [2.24, 2.45) is 11.7 Å². The molecule has 0 fully saturated rings. The predicted octanol–water partition coefficient (Wildman–Crippen LogP) is 5.86. The minimum Gasteiger partial charge on any atom is -0.328 e. The van der Waals surface area contributed by atoms with Gasteiger partial charge >= 0.3 is 0 Å².